The van der Waals surface area contributed by atoms with Crippen LogP contribution < -0.4 is 76.9 Å². The van der Waals surface area contributed by atoms with Gasteiger partial charge in [-0.2, -0.15) is 0 Å². The van der Waals surface area contributed by atoms with E-state index < -0.39 is 162 Å². The van der Waals surface area contributed by atoms with E-state index in [1.807, 2.05) is 13.8 Å². The standard InChI is InChI=1S/C50H89N17O15/c1-9-25(6)37(65-43(76)31(16-17-35(70)71)60-40(73)28(51)21-23(2)3)47(80)67-20-12-15-33(67)45(78)62-30(14-11-19-58-50(55)56)41(74)61-29(13-10-18-57-49(53)54)42(75)63-32(22-34(52)69)44(77)64-36(24(4)5)46(79)59-26(7)39(72)66-38(27(8)68)48(81)82/h23-33,36-38,68H,9-22,51H2,1-8H3,(H2,52,69)(H,59,79)(H,60,73)(H,61,74)(H,62,78)(H,63,75)(H,64,77)(H,65,76)(H,66,72)(H,70,71)(H,81,82)(H4,53,54,57)(H4,55,56,58)/t25-,26-,27+,28-,29-,30-,31-,32-,33-,36-,37-,38-/m0/s1. The van der Waals surface area contributed by atoms with Crippen LogP contribution in [0.5, 0.6) is 0 Å². The Balaban J connectivity index is 3.61. The van der Waals surface area contributed by atoms with Gasteiger partial charge in [0, 0.05) is 26.1 Å². The van der Waals surface area contributed by atoms with E-state index in [4.69, 9.17) is 34.4 Å². The highest BCUT2D eigenvalue weighted by molar-refractivity contribution is 5.99. The third kappa shape index (κ3) is 25.7. The molecule has 0 aromatic carbocycles. The Labute approximate surface area is 476 Å². The molecule has 82 heavy (non-hydrogen) atoms. The Kier molecular flexibility index (Phi) is 31.4. The van der Waals surface area contributed by atoms with Gasteiger partial charge in [0.2, 0.25) is 59.1 Å². The summed E-state index contributed by atoms with van der Waals surface area (Å²) in [6, 6.07) is -14.2. The number of hydrogen-bond donors (Lipinski definition) is 17. The van der Waals surface area contributed by atoms with Gasteiger partial charge >= 0.3 is 11.9 Å². The Bertz CT molecular complexity index is 2290. The summed E-state index contributed by atoms with van der Waals surface area (Å²) in [6.07, 6.45) is -2.40. The van der Waals surface area contributed by atoms with Crippen molar-refractivity contribution in [3.63, 3.8) is 0 Å². The van der Waals surface area contributed by atoms with Crippen molar-refractivity contribution in [3.8, 4) is 0 Å². The molecule has 0 aliphatic carbocycles. The number of guanidine groups is 2. The molecule has 1 fully saturated rings. The minimum atomic E-state index is -1.79. The van der Waals surface area contributed by atoms with Gasteiger partial charge in [-0.25, -0.2) is 4.79 Å². The first-order chi connectivity index (χ1) is 38.2. The van der Waals surface area contributed by atoms with E-state index in [2.05, 4.69) is 52.5 Å². The summed E-state index contributed by atoms with van der Waals surface area (Å²) in [5.74, 6) is -13.7. The summed E-state index contributed by atoms with van der Waals surface area (Å²) in [7, 11) is 0. The van der Waals surface area contributed by atoms with Gasteiger partial charge in [-0.3, -0.25) is 62.7 Å². The number of nitrogens with one attached hydrogen (secondary N) is 8. The van der Waals surface area contributed by atoms with Crippen LogP contribution in [0.25, 0.3) is 0 Å². The highest BCUT2D eigenvalue weighted by Crippen LogP contribution is 2.23. The summed E-state index contributed by atoms with van der Waals surface area (Å²) in [4.78, 5) is 169. The minimum Gasteiger partial charge on any atom is -0.481 e. The average molecular weight is 1170 g/mol. The SMILES string of the molecule is CC[C@H](C)[C@H](NC(=O)[C@H](CCC(=O)O)NC(=O)[C@@H](N)CC(C)C)C(=O)N1CCC[C@H]1C(=O)N[C@@H](CCCN=C(N)N)C(=O)N[C@@H](CCCN=C(N)N)C(=O)N[C@@H](CC(N)=O)C(=O)N[C@H](C(=O)N[C@@H](C)C(=O)N[C@H](C(=O)O)[C@@H](C)O)C(C)C. The monoisotopic (exact) mass is 1170 g/mol. The molecular weight excluding hydrogens is 1080 g/mol. The number of carboxylic acid groups (broad SMARTS) is 2. The number of carboxylic acids is 2. The van der Waals surface area contributed by atoms with Gasteiger partial charge in [0.25, 0.3) is 0 Å². The maximum Gasteiger partial charge on any atom is 0.328 e. The van der Waals surface area contributed by atoms with Gasteiger partial charge in [-0.1, -0.05) is 48.0 Å². The summed E-state index contributed by atoms with van der Waals surface area (Å²) in [5.41, 5.74) is 33.6. The summed E-state index contributed by atoms with van der Waals surface area (Å²) in [6.45, 7) is 12.5. The second-order valence-electron chi connectivity index (χ2n) is 21.1. The highest BCUT2D eigenvalue weighted by Gasteiger charge is 2.42. The van der Waals surface area contributed by atoms with E-state index in [0.717, 1.165) is 6.92 Å². The second kappa shape index (κ2) is 35.7. The fraction of sp³-hybridized carbons (Fsp3) is 0.720. The molecule has 0 aromatic rings. The highest BCUT2D eigenvalue weighted by atomic mass is 16.4. The normalized spacial score (nSPS) is 17.0. The Morgan fingerprint density at radius 2 is 1.06 bits per heavy atom. The lowest BCUT2D eigenvalue weighted by molar-refractivity contribution is -0.145. The van der Waals surface area contributed by atoms with Gasteiger partial charge in [0.1, 0.15) is 48.3 Å². The zero-order valence-corrected chi connectivity index (χ0v) is 48.0. The van der Waals surface area contributed by atoms with Crippen LogP contribution in [0.2, 0.25) is 0 Å². The molecule has 1 saturated heterocycles. The Hall–Kier alpha value is -7.90. The number of nitrogens with zero attached hydrogens (tertiary/aromatic N) is 3. The molecular formula is C50H89N17O15. The number of carbonyl (C=O) groups excluding carboxylic acids is 10. The van der Waals surface area contributed by atoms with Crippen LogP contribution in [0.15, 0.2) is 9.98 Å². The lowest BCUT2D eigenvalue weighted by Gasteiger charge is -2.33. The first-order valence-corrected chi connectivity index (χ1v) is 27.2. The van der Waals surface area contributed by atoms with Crippen molar-refractivity contribution in [3.05, 3.63) is 0 Å². The number of nitrogens with two attached hydrogens (primary N) is 6. The third-order valence-corrected chi connectivity index (χ3v) is 13.2. The van der Waals surface area contributed by atoms with E-state index in [-0.39, 0.29) is 82.4 Å². The van der Waals surface area contributed by atoms with Crippen LogP contribution in [-0.4, -0.2) is 189 Å². The molecule has 1 heterocycles. The van der Waals surface area contributed by atoms with E-state index in [9.17, 15) is 72.9 Å². The largest absolute Gasteiger partial charge is 0.481 e. The summed E-state index contributed by atoms with van der Waals surface area (Å²) < 4.78 is 0. The van der Waals surface area contributed by atoms with E-state index in [1.54, 1.807) is 13.8 Å². The molecule has 0 bridgehead atoms. The van der Waals surface area contributed by atoms with Crippen molar-refractivity contribution in [1.29, 1.82) is 0 Å². The zero-order valence-electron chi connectivity index (χ0n) is 48.0. The summed E-state index contributed by atoms with van der Waals surface area (Å²) in [5, 5.41) is 48.3. The third-order valence-electron chi connectivity index (χ3n) is 13.2. The molecule has 32 heteroatoms. The molecule has 0 unspecified atom stereocenters. The molecule has 23 N–H and O–H groups in total. The van der Waals surface area contributed by atoms with Gasteiger partial charge in [0.15, 0.2) is 18.0 Å². The summed E-state index contributed by atoms with van der Waals surface area (Å²) >= 11 is 0. The lowest BCUT2D eigenvalue weighted by atomic mass is 9.96. The number of primary amides is 1. The minimum absolute atomic E-state index is 0.0198. The van der Waals surface area contributed by atoms with E-state index >= 15 is 0 Å². The number of hydrogen-bond acceptors (Lipinski definition) is 16. The molecule has 0 spiro atoms. The number of aliphatic hydroxyl groups is 1. The number of carbonyl (C=O) groups is 12. The number of likely N-dealkylation sites (tertiary alicyclic amines) is 1. The van der Waals surface area contributed by atoms with Crippen LogP contribution in [0.3, 0.4) is 0 Å². The molecule has 1 rings (SSSR count). The van der Waals surface area contributed by atoms with E-state index in [0.29, 0.717) is 12.8 Å². The molecule has 0 aromatic heterocycles. The smallest absolute Gasteiger partial charge is 0.328 e. The van der Waals surface area contributed by atoms with Crippen molar-refractivity contribution >= 4 is 82.9 Å². The Morgan fingerprint density at radius 3 is 1.54 bits per heavy atom. The van der Waals surface area contributed by atoms with Crippen LogP contribution in [0, 0.1) is 17.8 Å². The molecule has 464 valence electrons. The van der Waals surface area contributed by atoms with E-state index in [1.165, 1.54) is 25.7 Å². The maximum absolute atomic E-state index is 14.5. The molecule has 1 aliphatic heterocycles. The van der Waals surface area contributed by atoms with Crippen LogP contribution in [0.4, 0.5) is 0 Å². The fourth-order valence-electron chi connectivity index (χ4n) is 8.44. The van der Waals surface area contributed by atoms with Gasteiger partial charge in [-0.15, -0.1) is 0 Å². The quantitative estimate of drug-likeness (QED) is 0.0157. The van der Waals surface area contributed by atoms with Crippen LogP contribution in [0.1, 0.15) is 126 Å². The van der Waals surface area contributed by atoms with Gasteiger partial charge < -0.3 is 97.2 Å². The average Bonchev–Trinajstić information content (AvgIpc) is 3.89. The predicted octanol–water partition coefficient (Wildman–Crippen LogP) is -5.74. The van der Waals surface area contributed by atoms with Gasteiger partial charge in [-0.05, 0) is 83.0 Å². The topological polar surface area (TPSA) is 546 Å². The molecule has 1 aliphatic rings. The molecule has 0 radical (unpaired) electrons. The molecule has 12 atom stereocenters. The van der Waals surface area contributed by atoms with Crippen molar-refractivity contribution < 1.29 is 72.9 Å². The number of rotatable bonds is 37. The number of aliphatic carboxylic acids is 2. The molecule has 10 amide bonds. The molecule has 32 nitrogen and oxygen atoms in total. The van der Waals surface area contributed by atoms with Crippen molar-refractivity contribution in [1.82, 2.24) is 47.4 Å². The fourth-order valence-corrected chi connectivity index (χ4v) is 8.44. The predicted molar refractivity (Wildman–Crippen MR) is 297 cm³/mol. The van der Waals surface area contributed by atoms with Crippen molar-refractivity contribution in [2.45, 2.75) is 193 Å². The second-order valence-corrected chi connectivity index (χ2v) is 21.1. The number of aliphatic hydroxyl groups excluding tert-OH is 1. The van der Waals surface area contributed by atoms with Gasteiger partial charge in [0.05, 0.1) is 18.6 Å². The zero-order chi connectivity index (χ0) is 62.7. The van der Waals surface area contributed by atoms with Crippen molar-refractivity contribution in [2.24, 2.45) is 62.1 Å². The first kappa shape index (κ1) is 72.1. The number of aliphatic imine (C=N–C) groups is 2. The molecule has 0 saturated carbocycles. The Morgan fingerprint density at radius 1 is 0.585 bits per heavy atom. The van der Waals surface area contributed by atoms with Crippen LogP contribution in [-0.2, 0) is 57.5 Å². The van der Waals surface area contributed by atoms with Crippen LogP contribution >= 0.6 is 0 Å². The lowest BCUT2D eigenvalue weighted by Crippen LogP contribution is -2.61. The first-order valence-electron chi connectivity index (χ1n) is 27.2. The van der Waals surface area contributed by atoms with Crippen molar-refractivity contribution in [2.75, 3.05) is 19.6 Å². The maximum atomic E-state index is 14.5. The number of amides is 10.